The molecule has 1 atom stereocenters. The molecule has 16 heavy (non-hydrogen) atoms. The maximum absolute atomic E-state index is 9.17. The van der Waals surface area contributed by atoms with Crippen molar-refractivity contribution in [2.75, 3.05) is 6.54 Å². The first-order chi connectivity index (χ1) is 7.85. The van der Waals surface area contributed by atoms with Crippen molar-refractivity contribution in [1.29, 1.82) is 5.26 Å². The van der Waals surface area contributed by atoms with Crippen molar-refractivity contribution in [2.24, 2.45) is 0 Å². The van der Waals surface area contributed by atoms with Gasteiger partial charge in [-0.05, 0) is 24.0 Å². The third-order valence-corrected chi connectivity index (χ3v) is 3.31. The number of rotatable bonds is 3. The van der Waals surface area contributed by atoms with Crippen LogP contribution in [-0.4, -0.2) is 17.5 Å². The van der Waals surface area contributed by atoms with Crippen molar-refractivity contribution in [2.45, 2.75) is 38.8 Å². The second kappa shape index (κ2) is 5.14. The highest BCUT2D eigenvalue weighted by atomic mass is 15.2. The third-order valence-electron chi connectivity index (χ3n) is 3.31. The van der Waals surface area contributed by atoms with Crippen molar-refractivity contribution < 1.29 is 0 Å². The third kappa shape index (κ3) is 2.25. The monoisotopic (exact) mass is 214 g/mol. The number of fused-ring (bicyclic) bond motifs is 1. The van der Waals surface area contributed by atoms with Gasteiger partial charge in [-0.15, -0.1) is 0 Å². The highest BCUT2D eigenvalue weighted by Gasteiger charge is 2.22. The first kappa shape index (κ1) is 11.2. The van der Waals surface area contributed by atoms with Crippen LogP contribution in [0.15, 0.2) is 24.3 Å². The lowest BCUT2D eigenvalue weighted by Gasteiger charge is -2.31. The zero-order chi connectivity index (χ0) is 11.4. The van der Waals surface area contributed by atoms with Crippen LogP contribution in [0.3, 0.4) is 0 Å². The molecule has 0 N–H and O–H groups in total. The summed E-state index contributed by atoms with van der Waals surface area (Å²) in [7, 11) is 0. The van der Waals surface area contributed by atoms with Gasteiger partial charge in [0.05, 0.1) is 12.1 Å². The number of benzene rings is 1. The van der Waals surface area contributed by atoms with Gasteiger partial charge in [-0.3, -0.25) is 4.90 Å². The Labute approximate surface area is 97.5 Å². The quantitative estimate of drug-likeness (QED) is 0.773. The fourth-order valence-corrected chi connectivity index (χ4v) is 2.39. The number of nitrogens with zero attached hydrogens (tertiary/aromatic N) is 2. The average molecular weight is 214 g/mol. The Bertz CT molecular complexity index is 392. The van der Waals surface area contributed by atoms with Gasteiger partial charge in [0.15, 0.2) is 0 Å². The van der Waals surface area contributed by atoms with Gasteiger partial charge in [0.2, 0.25) is 0 Å². The largest absolute Gasteiger partial charge is 0.283 e. The van der Waals surface area contributed by atoms with E-state index in [9.17, 15) is 0 Å². The first-order valence-corrected chi connectivity index (χ1v) is 6.05. The molecule has 2 heteroatoms. The number of hydrogen-bond donors (Lipinski definition) is 0. The summed E-state index contributed by atoms with van der Waals surface area (Å²) in [6.07, 6.45) is 3.15. The van der Waals surface area contributed by atoms with Crippen molar-refractivity contribution in [3.05, 3.63) is 35.4 Å². The molecule has 1 aromatic rings. The minimum Gasteiger partial charge on any atom is -0.283 e. The van der Waals surface area contributed by atoms with E-state index in [0.717, 1.165) is 32.4 Å². The maximum atomic E-state index is 9.17. The van der Waals surface area contributed by atoms with Crippen molar-refractivity contribution in [3.8, 4) is 6.07 Å². The van der Waals surface area contributed by atoms with E-state index in [1.165, 1.54) is 11.1 Å². The van der Waals surface area contributed by atoms with Crippen LogP contribution in [0.5, 0.6) is 0 Å². The standard InChI is InChI=1S/C14H18N2/c1-2-5-14(10-15)16-9-8-12-6-3-4-7-13(12)11-16/h3-4,6-7,14H,2,5,8-9,11H2,1H3. The SMILES string of the molecule is CCCC(C#N)N1CCc2ccccc2C1. The van der Waals surface area contributed by atoms with Crippen molar-refractivity contribution >= 4 is 0 Å². The molecule has 1 aliphatic heterocycles. The summed E-state index contributed by atoms with van der Waals surface area (Å²) < 4.78 is 0. The smallest absolute Gasteiger partial charge is 0.0980 e. The molecule has 0 amide bonds. The summed E-state index contributed by atoms with van der Waals surface area (Å²) in [6.45, 7) is 4.10. The Kier molecular flexibility index (Phi) is 3.58. The Morgan fingerprint density at radius 2 is 2.12 bits per heavy atom. The lowest BCUT2D eigenvalue weighted by molar-refractivity contribution is 0.206. The molecule has 0 aromatic heterocycles. The minimum atomic E-state index is 0.0957. The molecule has 0 saturated heterocycles. The summed E-state index contributed by atoms with van der Waals surface area (Å²) in [6, 6.07) is 11.1. The fourth-order valence-electron chi connectivity index (χ4n) is 2.39. The molecule has 0 bridgehead atoms. The molecule has 84 valence electrons. The second-order valence-corrected chi connectivity index (χ2v) is 4.42. The summed E-state index contributed by atoms with van der Waals surface area (Å²) in [4.78, 5) is 2.31. The summed E-state index contributed by atoms with van der Waals surface area (Å²) in [5, 5.41) is 9.17. The second-order valence-electron chi connectivity index (χ2n) is 4.42. The molecular formula is C14H18N2. The predicted octanol–water partition coefficient (Wildman–Crippen LogP) is 2.74. The van der Waals surface area contributed by atoms with E-state index in [1.54, 1.807) is 0 Å². The van der Waals surface area contributed by atoms with Gasteiger partial charge in [0.25, 0.3) is 0 Å². The van der Waals surface area contributed by atoms with Crippen LogP contribution in [0.4, 0.5) is 0 Å². The van der Waals surface area contributed by atoms with E-state index >= 15 is 0 Å². The molecular weight excluding hydrogens is 196 g/mol. The van der Waals surface area contributed by atoms with Gasteiger partial charge in [-0.1, -0.05) is 37.6 Å². The van der Waals surface area contributed by atoms with Gasteiger partial charge < -0.3 is 0 Å². The first-order valence-electron chi connectivity index (χ1n) is 6.05. The van der Waals surface area contributed by atoms with Crippen LogP contribution >= 0.6 is 0 Å². The normalized spacial score (nSPS) is 17.5. The Morgan fingerprint density at radius 1 is 1.38 bits per heavy atom. The molecule has 0 spiro atoms. The van der Waals surface area contributed by atoms with Gasteiger partial charge >= 0.3 is 0 Å². The summed E-state index contributed by atoms with van der Waals surface area (Å²) in [5.74, 6) is 0. The molecule has 0 saturated carbocycles. The molecule has 1 heterocycles. The van der Waals surface area contributed by atoms with Gasteiger partial charge in [-0.25, -0.2) is 0 Å². The fraction of sp³-hybridized carbons (Fsp3) is 0.500. The molecule has 1 aliphatic rings. The minimum absolute atomic E-state index is 0.0957. The molecule has 0 radical (unpaired) electrons. The van der Waals surface area contributed by atoms with E-state index < -0.39 is 0 Å². The lowest BCUT2D eigenvalue weighted by atomic mass is 9.98. The number of nitriles is 1. The number of hydrogen-bond acceptors (Lipinski definition) is 2. The lowest BCUT2D eigenvalue weighted by Crippen LogP contribution is -2.38. The van der Waals surface area contributed by atoms with E-state index in [2.05, 4.69) is 42.2 Å². The highest BCUT2D eigenvalue weighted by molar-refractivity contribution is 5.29. The Balaban J connectivity index is 2.10. The van der Waals surface area contributed by atoms with Crippen LogP contribution in [0.1, 0.15) is 30.9 Å². The molecule has 2 nitrogen and oxygen atoms in total. The van der Waals surface area contributed by atoms with Crippen LogP contribution in [0.25, 0.3) is 0 Å². The van der Waals surface area contributed by atoms with E-state index in [0.29, 0.717) is 0 Å². The highest BCUT2D eigenvalue weighted by Crippen LogP contribution is 2.21. The average Bonchev–Trinajstić information content (AvgIpc) is 2.35. The summed E-state index contributed by atoms with van der Waals surface area (Å²) >= 11 is 0. The molecule has 1 aromatic carbocycles. The predicted molar refractivity (Wildman–Crippen MR) is 64.9 cm³/mol. The van der Waals surface area contributed by atoms with Gasteiger partial charge in [0.1, 0.15) is 0 Å². The Morgan fingerprint density at radius 3 is 2.81 bits per heavy atom. The zero-order valence-corrected chi connectivity index (χ0v) is 9.82. The van der Waals surface area contributed by atoms with E-state index in [1.807, 2.05) is 0 Å². The van der Waals surface area contributed by atoms with E-state index in [-0.39, 0.29) is 6.04 Å². The molecule has 0 fully saturated rings. The topological polar surface area (TPSA) is 27.0 Å². The van der Waals surface area contributed by atoms with Crippen LogP contribution in [-0.2, 0) is 13.0 Å². The molecule has 1 unspecified atom stereocenters. The zero-order valence-electron chi connectivity index (χ0n) is 9.82. The van der Waals surface area contributed by atoms with E-state index in [4.69, 9.17) is 5.26 Å². The van der Waals surface area contributed by atoms with Gasteiger partial charge in [-0.2, -0.15) is 5.26 Å². The summed E-state index contributed by atoms with van der Waals surface area (Å²) in [5.41, 5.74) is 2.84. The molecule has 2 rings (SSSR count). The van der Waals surface area contributed by atoms with Crippen LogP contribution in [0, 0.1) is 11.3 Å². The molecule has 0 aliphatic carbocycles. The Hall–Kier alpha value is -1.33. The van der Waals surface area contributed by atoms with Crippen molar-refractivity contribution in [1.82, 2.24) is 4.90 Å². The van der Waals surface area contributed by atoms with Gasteiger partial charge in [0, 0.05) is 13.1 Å². The maximum Gasteiger partial charge on any atom is 0.0980 e. The van der Waals surface area contributed by atoms with Crippen molar-refractivity contribution in [3.63, 3.8) is 0 Å². The van der Waals surface area contributed by atoms with Crippen LogP contribution < -0.4 is 0 Å². The van der Waals surface area contributed by atoms with Crippen LogP contribution in [0.2, 0.25) is 0 Å².